The van der Waals surface area contributed by atoms with E-state index in [2.05, 4.69) is 46.0 Å². The van der Waals surface area contributed by atoms with Crippen molar-refractivity contribution >= 4 is 5.91 Å². The Kier molecular flexibility index (Phi) is 4.89. The first-order valence-electron chi connectivity index (χ1n) is 8.35. The molecule has 1 atom stereocenters. The van der Waals surface area contributed by atoms with Crippen molar-refractivity contribution in [2.24, 2.45) is 0 Å². The Morgan fingerprint density at radius 2 is 2.17 bits per heavy atom. The largest absolute Gasteiger partial charge is 0.336 e. The van der Waals surface area contributed by atoms with Crippen LogP contribution in [0, 0.1) is 0 Å². The lowest BCUT2D eigenvalue weighted by Gasteiger charge is -2.23. The van der Waals surface area contributed by atoms with Crippen LogP contribution in [-0.4, -0.2) is 62.1 Å². The molecular formula is C17H24N6O. The third-order valence-corrected chi connectivity index (χ3v) is 4.52. The molecule has 24 heavy (non-hydrogen) atoms. The Hall–Kier alpha value is -2.28. The van der Waals surface area contributed by atoms with Crippen LogP contribution in [0.25, 0.3) is 0 Å². The van der Waals surface area contributed by atoms with E-state index < -0.39 is 0 Å². The average Bonchev–Trinajstić information content (AvgIpc) is 3.25. The van der Waals surface area contributed by atoms with Crippen molar-refractivity contribution in [1.29, 1.82) is 0 Å². The van der Waals surface area contributed by atoms with Crippen LogP contribution >= 0.6 is 0 Å². The Morgan fingerprint density at radius 1 is 1.42 bits per heavy atom. The lowest BCUT2D eigenvalue weighted by molar-refractivity contribution is 0.0773. The van der Waals surface area contributed by atoms with E-state index in [9.17, 15) is 4.79 Å². The highest BCUT2D eigenvalue weighted by atomic mass is 16.2. The second-order valence-corrected chi connectivity index (χ2v) is 6.64. The number of nitrogens with zero attached hydrogens (tertiary/aromatic N) is 5. The Morgan fingerprint density at radius 3 is 2.83 bits per heavy atom. The number of likely N-dealkylation sites (N-methyl/N-ethyl adjacent to an activating group) is 1. The van der Waals surface area contributed by atoms with Crippen LogP contribution in [0.3, 0.4) is 0 Å². The van der Waals surface area contributed by atoms with Crippen LogP contribution in [0.15, 0.2) is 24.5 Å². The third kappa shape index (κ3) is 3.62. The number of carbonyl (C=O) groups is 1. The van der Waals surface area contributed by atoms with Gasteiger partial charge in [-0.25, -0.2) is 9.97 Å². The SMILES string of the molecule is CC(C)c1cc(C(=O)N2CC[C@@H](N(C)Cc3ncccn3)C2)n[nH]1. The van der Waals surface area contributed by atoms with E-state index in [0.717, 1.165) is 24.5 Å². The molecule has 1 N–H and O–H groups in total. The van der Waals surface area contributed by atoms with E-state index in [1.807, 2.05) is 17.0 Å². The smallest absolute Gasteiger partial charge is 0.274 e. The van der Waals surface area contributed by atoms with E-state index in [1.54, 1.807) is 12.4 Å². The van der Waals surface area contributed by atoms with E-state index in [1.165, 1.54) is 0 Å². The molecule has 1 aliphatic rings. The molecule has 1 fully saturated rings. The molecule has 3 rings (SSSR count). The van der Waals surface area contributed by atoms with Gasteiger partial charge in [0.1, 0.15) is 11.5 Å². The second kappa shape index (κ2) is 7.09. The van der Waals surface area contributed by atoms with Crippen LogP contribution in [-0.2, 0) is 6.54 Å². The number of hydrogen-bond acceptors (Lipinski definition) is 5. The van der Waals surface area contributed by atoms with Gasteiger partial charge in [-0.3, -0.25) is 14.8 Å². The van der Waals surface area contributed by atoms with Crippen molar-refractivity contribution in [1.82, 2.24) is 30.0 Å². The van der Waals surface area contributed by atoms with Crippen molar-refractivity contribution in [3.8, 4) is 0 Å². The quantitative estimate of drug-likeness (QED) is 0.903. The van der Waals surface area contributed by atoms with Gasteiger partial charge in [0, 0.05) is 37.2 Å². The highest BCUT2D eigenvalue weighted by Gasteiger charge is 2.30. The van der Waals surface area contributed by atoms with Gasteiger partial charge in [-0.05, 0) is 31.5 Å². The van der Waals surface area contributed by atoms with E-state index in [4.69, 9.17) is 0 Å². The monoisotopic (exact) mass is 328 g/mol. The fraction of sp³-hybridized carbons (Fsp3) is 0.529. The van der Waals surface area contributed by atoms with Crippen molar-refractivity contribution < 1.29 is 4.79 Å². The van der Waals surface area contributed by atoms with Crippen LogP contribution in [0.5, 0.6) is 0 Å². The summed E-state index contributed by atoms with van der Waals surface area (Å²) in [5, 5.41) is 7.12. The third-order valence-electron chi connectivity index (χ3n) is 4.52. The molecule has 0 spiro atoms. The summed E-state index contributed by atoms with van der Waals surface area (Å²) < 4.78 is 0. The molecule has 0 aromatic carbocycles. The summed E-state index contributed by atoms with van der Waals surface area (Å²) >= 11 is 0. The van der Waals surface area contributed by atoms with E-state index in [-0.39, 0.29) is 5.91 Å². The lowest BCUT2D eigenvalue weighted by Crippen LogP contribution is -2.36. The highest BCUT2D eigenvalue weighted by molar-refractivity contribution is 5.92. The Bertz CT molecular complexity index is 683. The number of aromatic amines is 1. The zero-order chi connectivity index (χ0) is 17.1. The minimum absolute atomic E-state index is 0.00464. The molecular weight excluding hydrogens is 304 g/mol. The molecule has 2 aromatic heterocycles. The minimum Gasteiger partial charge on any atom is -0.336 e. The molecule has 1 aliphatic heterocycles. The van der Waals surface area contributed by atoms with Gasteiger partial charge in [0.2, 0.25) is 0 Å². The maximum Gasteiger partial charge on any atom is 0.274 e. The molecule has 0 aliphatic carbocycles. The summed E-state index contributed by atoms with van der Waals surface area (Å²) in [5.74, 6) is 1.14. The minimum atomic E-state index is 0.00464. The predicted molar refractivity (Wildman–Crippen MR) is 90.5 cm³/mol. The molecule has 1 saturated heterocycles. The number of rotatable bonds is 5. The summed E-state index contributed by atoms with van der Waals surface area (Å²) in [5.41, 5.74) is 1.50. The van der Waals surface area contributed by atoms with Gasteiger partial charge in [-0.15, -0.1) is 0 Å². The zero-order valence-electron chi connectivity index (χ0n) is 14.4. The van der Waals surface area contributed by atoms with Crippen molar-refractivity contribution in [2.75, 3.05) is 20.1 Å². The number of nitrogens with one attached hydrogen (secondary N) is 1. The number of carbonyl (C=O) groups excluding carboxylic acids is 1. The fourth-order valence-corrected chi connectivity index (χ4v) is 2.95. The predicted octanol–water partition coefficient (Wildman–Crippen LogP) is 1.67. The summed E-state index contributed by atoms with van der Waals surface area (Å²) in [6.07, 6.45) is 4.46. The number of aromatic nitrogens is 4. The summed E-state index contributed by atoms with van der Waals surface area (Å²) in [7, 11) is 2.06. The second-order valence-electron chi connectivity index (χ2n) is 6.64. The molecule has 0 saturated carbocycles. The number of hydrogen-bond donors (Lipinski definition) is 1. The normalized spacial score (nSPS) is 17.9. The number of amides is 1. The summed E-state index contributed by atoms with van der Waals surface area (Å²) in [6.45, 7) is 6.31. The average molecular weight is 328 g/mol. The molecule has 0 bridgehead atoms. The van der Waals surface area contributed by atoms with Gasteiger partial charge in [-0.1, -0.05) is 13.8 Å². The Balaban J connectivity index is 1.59. The van der Waals surface area contributed by atoms with Gasteiger partial charge < -0.3 is 4.90 Å². The van der Waals surface area contributed by atoms with E-state index >= 15 is 0 Å². The van der Waals surface area contributed by atoms with Gasteiger partial charge in [0.25, 0.3) is 5.91 Å². The fourth-order valence-electron chi connectivity index (χ4n) is 2.95. The van der Waals surface area contributed by atoms with Crippen molar-refractivity contribution in [3.05, 3.63) is 41.7 Å². The van der Waals surface area contributed by atoms with Gasteiger partial charge in [-0.2, -0.15) is 5.10 Å². The van der Waals surface area contributed by atoms with Gasteiger partial charge in [0.15, 0.2) is 0 Å². The van der Waals surface area contributed by atoms with Gasteiger partial charge in [0.05, 0.1) is 6.54 Å². The molecule has 128 valence electrons. The first-order valence-corrected chi connectivity index (χ1v) is 8.35. The molecule has 7 nitrogen and oxygen atoms in total. The van der Waals surface area contributed by atoms with Crippen LogP contribution in [0.4, 0.5) is 0 Å². The molecule has 3 heterocycles. The Labute approximate surface area is 142 Å². The molecule has 1 amide bonds. The lowest BCUT2D eigenvalue weighted by atomic mass is 10.1. The summed E-state index contributed by atoms with van der Waals surface area (Å²) in [6, 6.07) is 4.00. The molecule has 0 radical (unpaired) electrons. The molecule has 2 aromatic rings. The van der Waals surface area contributed by atoms with Crippen LogP contribution in [0.2, 0.25) is 0 Å². The first kappa shape index (κ1) is 16.6. The maximum absolute atomic E-state index is 12.6. The zero-order valence-corrected chi connectivity index (χ0v) is 14.4. The summed E-state index contributed by atoms with van der Waals surface area (Å²) in [4.78, 5) is 25.2. The van der Waals surface area contributed by atoms with Crippen LogP contribution in [0.1, 0.15) is 48.2 Å². The number of H-pyrrole nitrogens is 1. The van der Waals surface area contributed by atoms with Crippen molar-refractivity contribution in [2.45, 2.75) is 38.8 Å². The topological polar surface area (TPSA) is 78.0 Å². The number of likely N-dealkylation sites (tertiary alicyclic amines) is 1. The molecule has 7 heteroatoms. The van der Waals surface area contributed by atoms with Crippen molar-refractivity contribution in [3.63, 3.8) is 0 Å². The maximum atomic E-state index is 12.6. The van der Waals surface area contributed by atoms with Gasteiger partial charge >= 0.3 is 0 Å². The van der Waals surface area contributed by atoms with Crippen LogP contribution < -0.4 is 0 Å². The highest BCUT2D eigenvalue weighted by Crippen LogP contribution is 2.19. The molecule has 0 unspecified atom stereocenters. The standard InChI is InChI=1S/C17H24N6O/c1-12(2)14-9-15(21-20-14)17(24)23-8-5-13(10-23)22(3)11-16-18-6-4-7-19-16/h4,6-7,9,12-13H,5,8,10-11H2,1-3H3,(H,20,21)/t13-/m1/s1. The first-order chi connectivity index (χ1) is 11.5. The van der Waals surface area contributed by atoms with E-state index in [0.29, 0.717) is 30.7 Å².